The van der Waals surface area contributed by atoms with Gasteiger partial charge in [0.2, 0.25) is 0 Å². The van der Waals surface area contributed by atoms with Crippen molar-refractivity contribution in [2.45, 2.75) is 0 Å². The summed E-state index contributed by atoms with van der Waals surface area (Å²) in [6, 6.07) is 4.15. The summed E-state index contributed by atoms with van der Waals surface area (Å²) in [5, 5.41) is 11.0. The molecule has 0 amide bonds. The van der Waals surface area contributed by atoms with E-state index in [1.807, 2.05) is 12.2 Å². The SMILES string of the molecule is C1=C[N-]c2c3c(ccc2=C1)=CC=C[N-]3.[Ru+2]. The molecule has 0 spiro atoms. The first kappa shape index (κ1) is 10.2. The molecule has 0 aromatic heterocycles. The fourth-order valence-corrected chi connectivity index (χ4v) is 1.68. The molecule has 2 aliphatic rings. The first-order valence-electron chi connectivity index (χ1n) is 4.53. The van der Waals surface area contributed by atoms with Crippen LogP contribution in [0.4, 0.5) is 11.4 Å². The van der Waals surface area contributed by atoms with Crippen LogP contribution in [0.25, 0.3) is 22.8 Å². The van der Waals surface area contributed by atoms with E-state index in [0.29, 0.717) is 0 Å². The van der Waals surface area contributed by atoms with E-state index in [-0.39, 0.29) is 19.5 Å². The van der Waals surface area contributed by atoms with Crippen LogP contribution < -0.4 is 10.4 Å². The molecule has 3 rings (SSSR count). The van der Waals surface area contributed by atoms with Gasteiger partial charge in [0.25, 0.3) is 0 Å². The topological polar surface area (TPSA) is 28.2 Å². The molecule has 1 aromatic carbocycles. The van der Waals surface area contributed by atoms with Crippen molar-refractivity contribution in [2.24, 2.45) is 0 Å². The summed E-state index contributed by atoms with van der Waals surface area (Å²) in [6.07, 6.45) is 11.6. The van der Waals surface area contributed by atoms with E-state index in [0.717, 1.165) is 21.8 Å². The number of fused-ring (bicyclic) bond motifs is 3. The van der Waals surface area contributed by atoms with Gasteiger partial charge >= 0.3 is 19.5 Å². The van der Waals surface area contributed by atoms with E-state index in [2.05, 4.69) is 34.9 Å². The molecule has 0 aliphatic carbocycles. The average Bonchev–Trinajstić information content (AvgIpc) is 2.29. The van der Waals surface area contributed by atoms with Gasteiger partial charge < -0.3 is 10.6 Å². The molecule has 0 saturated heterocycles. The number of rotatable bonds is 0. The van der Waals surface area contributed by atoms with Crippen LogP contribution in [0.5, 0.6) is 0 Å². The minimum absolute atomic E-state index is 0. The summed E-state index contributed by atoms with van der Waals surface area (Å²) in [4.78, 5) is 0. The Bertz CT molecular complexity index is 505. The molecule has 0 unspecified atom stereocenters. The van der Waals surface area contributed by atoms with E-state index in [1.54, 1.807) is 12.4 Å². The molecule has 2 aliphatic heterocycles. The maximum Gasteiger partial charge on any atom is 2.00 e. The normalized spacial score (nSPS) is 14.4. The summed E-state index contributed by atoms with van der Waals surface area (Å²) in [5.41, 5.74) is 1.95. The van der Waals surface area contributed by atoms with Crippen LogP contribution in [-0.2, 0) is 19.5 Å². The van der Waals surface area contributed by atoms with Gasteiger partial charge in [-0.25, -0.2) is 0 Å². The molecule has 1 aromatic rings. The van der Waals surface area contributed by atoms with Gasteiger partial charge in [0.15, 0.2) is 0 Å². The van der Waals surface area contributed by atoms with Crippen LogP contribution in [0.1, 0.15) is 0 Å². The number of allylic oxidation sites excluding steroid dienone is 2. The third kappa shape index (κ3) is 1.64. The zero-order valence-corrected chi connectivity index (χ0v) is 9.60. The second-order valence-corrected chi connectivity index (χ2v) is 3.22. The van der Waals surface area contributed by atoms with Gasteiger partial charge in [-0.1, -0.05) is 36.4 Å². The number of hydrogen-bond acceptors (Lipinski definition) is 0. The number of nitrogens with zero attached hydrogens (tertiary/aromatic N) is 2. The fourth-order valence-electron chi connectivity index (χ4n) is 1.68. The molecular weight excluding hydrogens is 273 g/mol. The van der Waals surface area contributed by atoms with Crippen molar-refractivity contribution in [3.63, 3.8) is 0 Å². The Kier molecular flexibility index (Phi) is 2.74. The molecule has 0 bridgehead atoms. The number of benzene rings is 1. The van der Waals surface area contributed by atoms with Crippen LogP contribution in [-0.4, -0.2) is 0 Å². The predicted molar refractivity (Wildman–Crippen MR) is 58.9 cm³/mol. The van der Waals surface area contributed by atoms with E-state index in [9.17, 15) is 0 Å². The summed E-state index contributed by atoms with van der Waals surface area (Å²) in [7, 11) is 0. The van der Waals surface area contributed by atoms with Crippen molar-refractivity contribution < 1.29 is 19.5 Å². The van der Waals surface area contributed by atoms with Crippen LogP contribution in [0.2, 0.25) is 0 Å². The molecule has 3 heteroatoms. The molecular formula is C12H8N2Ru. The molecule has 74 valence electrons. The van der Waals surface area contributed by atoms with Crippen molar-refractivity contribution in [1.82, 2.24) is 0 Å². The summed E-state index contributed by atoms with van der Waals surface area (Å²) in [5.74, 6) is 0. The standard InChI is InChI=1S/C12H8N2.Ru/c1-3-9-5-6-10-4-2-8-14-12(10)11(9)13-7-1;/h1-8H;/q-2;+2. The third-order valence-corrected chi connectivity index (χ3v) is 2.34. The Morgan fingerprint density at radius 2 is 1.20 bits per heavy atom. The maximum absolute atomic E-state index is 4.35. The fraction of sp³-hybridized carbons (Fsp3) is 0. The molecule has 15 heavy (non-hydrogen) atoms. The van der Waals surface area contributed by atoms with E-state index < -0.39 is 0 Å². The van der Waals surface area contributed by atoms with Crippen molar-refractivity contribution >= 4 is 23.5 Å². The Morgan fingerprint density at radius 1 is 0.733 bits per heavy atom. The maximum atomic E-state index is 4.35. The molecule has 0 atom stereocenters. The van der Waals surface area contributed by atoms with Crippen molar-refractivity contribution in [1.29, 1.82) is 0 Å². The smallest absolute Gasteiger partial charge is 0.665 e. The van der Waals surface area contributed by atoms with Gasteiger partial charge in [-0.05, 0) is 10.4 Å². The molecule has 0 radical (unpaired) electrons. The Morgan fingerprint density at radius 3 is 1.67 bits per heavy atom. The van der Waals surface area contributed by atoms with Crippen LogP contribution >= 0.6 is 0 Å². The first-order chi connectivity index (χ1) is 6.95. The first-order valence-corrected chi connectivity index (χ1v) is 4.53. The largest absolute Gasteiger partial charge is 2.00 e. The van der Waals surface area contributed by atoms with Gasteiger partial charge in [-0.15, -0.1) is 11.4 Å². The van der Waals surface area contributed by atoms with Crippen LogP contribution in [0.3, 0.4) is 0 Å². The van der Waals surface area contributed by atoms with Crippen molar-refractivity contribution in [3.05, 3.63) is 57.8 Å². The molecule has 0 fully saturated rings. The monoisotopic (exact) mass is 282 g/mol. The van der Waals surface area contributed by atoms with Gasteiger partial charge in [0.1, 0.15) is 0 Å². The van der Waals surface area contributed by atoms with Crippen molar-refractivity contribution in [3.8, 4) is 0 Å². The van der Waals surface area contributed by atoms with E-state index in [4.69, 9.17) is 0 Å². The van der Waals surface area contributed by atoms with Gasteiger partial charge in [0.05, 0.1) is 0 Å². The van der Waals surface area contributed by atoms with E-state index in [1.165, 1.54) is 0 Å². The number of hydrogen-bond donors (Lipinski definition) is 0. The van der Waals surface area contributed by atoms with Gasteiger partial charge in [-0.3, -0.25) is 0 Å². The predicted octanol–water partition coefficient (Wildman–Crippen LogP) is 2.31. The third-order valence-electron chi connectivity index (χ3n) is 2.34. The Labute approximate surface area is 101 Å². The minimum Gasteiger partial charge on any atom is -0.665 e. The van der Waals surface area contributed by atoms with Crippen molar-refractivity contribution in [2.75, 3.05) is 0 Å². The Balaban J connectivity index is 0.000000853. The zero-order valence-electron chi connectivity index (χ0n) is 7.87. The summed E-state index contributed by atoms with van der Waals surface area (Å²) < 4.78 is 0. The van der Waals surface area contributed by atoms with Crippen LogP contribution in [0, 0.1) is 0 Å². The molecule has 2 nitrogen and oxygen atoms in total. The molecule has 0 saturated carbocycles. The quantitative estimate of drug-likeness (QED) is 0.653. The average molecular weight is 281 g/mol. The van der Waals surface area contributed by atoms with Gasteiger partial charge in [0, 0.05) is 0 Å². The zero-order chi connectivity index (χ0) is 9.38. The Hall–Kier alpha value is -1.34. The van der Waals surface area contributed by atoms with Crippen LogP contribution in [0.15, 0.2) is 36.7 Å². The summed E-state index contributed by atoms with van der Waals surface area (Å²) in [6.45, 7) is 0. The second kappa shape index (κ2) is 4.03. The summed E-state index contributed by atoms with van der Waals surface area (Å²) >= 11 is 0. The van der Waals surface area contributed by atoms with E-state index >= 15 is 0 Å². The van der Waals surface area contributed by atoms with Gasteiger partial charge in [-0.2, -0.15) is 12.4 Å². The molecule has 2 heterocycles. The second-order valence-electron chi connectivity index (χ2n) is 3.22. The molecule has 0 N–H and O–H groups in total. The minimum atomic E-state index is 0.